The number of carbonyl (C=O) groups is 2. The molecule has 114 valence electrons. The predicted molar refractivity (Wildman–Crippen MR) is 88.9 cm³/mol. The number of benzene rings is 2. The molecule has 0 radical (unpaired) electrons. The quantitative estimate of drug-likeness (QED) is 0.594. The molecule has 3 rings (SSSR count). The summed E-state index contributed by atoms with van der Waals surface area (Å²) in [6.07, 6.45) is 3.92. The molecule has 4 heteroatoms. The summed E-state index contributed by atoms with van der Waals surface area (Å²) in [6.45, 7) is -0.180. The molecule has 0 bridgehead atoms. The molecule has 0 heterocycles. The second-order valence-electron chi connectivity index (χ2n) is 5.65. The molecule has 3 nitrogen and oxygen atoms in total. The van der Waals surface area contributed by atoms with Crippen molar-refractivity contribution in [3.8, 4) is 0 Å². The van der Waals surface area contributed by atoms with Crippen molar-refractivity contribution in [3.05, 3.63) is 46.4 Å². The van der Waals surface area contributed by atoms with Crippen LogP contribution < -0.4 is 0 Å². The summed E-state index contributed by atoms with van der Waals surface area (Å²) in [7, 11) is 0. The van der Waals surface area contributed by atoms with Gasteiger partial charge in [-0.1, -0.05) is 59.1 Å². The van der Waals surface area contributed by atoms with Crippen molar-refractivity contribution < 1.29 is 14.3 Å². The summed E-state index contributed by atoms with van der Waals surface area (Å²) in [5.74, 6) is -0.406. The molecule has 0 spiro atoms. The number of esters is 1. The Bertz CT molecular complexity index is 717. The van der Waals surface area contributed by atoms with Crippen LogP contribution in [0.4, 0.5) is 0 Å². The molecule has 22 heavy (non-hydrogen) atoms. The van der Waals surface area contributed by atoms with Gasteiger partial charge in [-0.25, -0.2) is 0 Å². The summed E-state index contributed by atoms with van der Waals surface area (Å²) < 4.78 is 6.17. The van der Waals surface area contributed by atoms with Gasteiger partial charge in [-0.05, 0) is 29.7 Å². The third-order valence-electron chi connectivity index (χ3n) is 4.20. The van der Waals surface area contributed by atoms with Crippen LogP contribution in [0.1, 0.15) is 36.0 Å². The van der Waals surface area contributed by atoms with E-state index in [0.29, 0.717) is 5.56 Å². The Morgan fingerprint density at radius 2 is 1.73 bits per heavy atom. The highest BCUT2D eigenvalue weighted by molar-refractivity contribution is 9.10. The Labute approximate surface area is 137 Å². The van der Waals surface area contributed by atoms with Crippen LogP contribution in [-0.2, 0) is 9.53 Å². The van der Waals surface area contributed by atoms with Crippen LogP contribution in [0.25, 0.3) is 10.8 Å². The maximum absolute atomic E-state index is 12.4. The van der Waals surface area contributed by atoms with E-state index in [4.69, 9.17) is 4.74 Å². The lowest BCUT2D eigenvalue weighted by molar-refractivity contribution is -0.147. The number of fused-ring (bicyclic) bond motifs is 1. The van der Waals surface area contributed by atoms with Crippen LogP contribution in [0.2, 0.25) is 0 Å². The third kappa shape index (κ3) is 3.07. The standard InChI is InChI=1S/C18H17BrO3/c19-16-10-4-7-13-14(16)8-3-9-15(13)17(20)11-22-18(21)12-5-1-2-6-12/h3-4,7-10,12H,1-2,5-6,11H2. The minimum absolute atomic E-state index is 0.0190. The fraction of sp³-hybridized carbons (Fsp3) is 0.333. The van der Waals surface area contributed by atoms with Gasteiger partial charge in [-0.2, -0.15) is 0 Å². The van der Waals surface area contributed by atoms with Gasteiger partial charge in [0.15, 0.2) is 6.61 Å². The van der Waals surface area contributed by atoms with Crippen LogP contribution >= 0.6 is 15.9 Å². The van der Waals surface area contributed by atoms with Crippen molar-refractivity contribution >= 4 is 38.5 Å². The van der Waals surface area contributed by atoms with Crippen molar-refractivity contribution in [3.63, 3.8) is 0 Å². The van der Waals surface area contributed by atoms with E-state index < -0.39 is 0 Å². The van der Waals surface area contributed by atoms with Crippen molar-refractivity contribution in [2.45, 2.75) is 25.7 Å². The average molecular weight is 361 g/mol. The molecular weight excluding hydrogens is 344 g/mol. The lowest BCUT2D eigenvalue weighted by Crippen LogP contribution is -2.19. The van der Waals surface area contributed by atoms with Crippen molar-refractivity contribution in [2.75, 3.05) is 6.61 Å². The van der Waals surface area contributed by atoms with Gasteiger partial charge in [0.25, 0.3) is 0 Å². The number of rotatable bonds is 4. The molecule has 0 aliphatic heterocycles. The number of Topliss-reactive ketones (excluding diaryl/α,β-unsaturated/α-hetero) is 1. The zero-order valence-electron chi connectivity index (χ0n) is 12.2. The van der Waals surface area contributed by atoms with Crippen molar-refractivity contribution in [1.82, 2.24) is 0 Å². The van der Waals surface area contributed by atoms with Gasteiger partial charge in [-0.15, -0.1) is 0 Å². The van der Waals surface area contributed by atoms with Crippen molar-refractivity contribution in [2.24, 2.45) is 5.92 Å². The Balaban J connectivity index is 1.75. The molecule has 2 aromatic rings. The average Bonchev–Trinajstić information content (AvgIpc) is 3.07. The van der Waals surface area contributed by atoms with Gasteiger partial charge in [0, 0.05) is 10.0 Å². The van der Waals surface area contributed by atoms with E-state index in [0.717, 1.165) is 40.9 Å². The Morgan fingerprint density at radius 1 is 1.05 bits per heavy atom. The molecule has 0 N–H and O–H groups in total. The first-order valence-corrected chi connectivity index (χ1v) is 8.33. The van der Waals surface area contributed by atoms with Crippen molar-refractivity contribution in [1.29, 1.82) is 0 Å². The summed E-state index contributed by atoms with van der Waals surface area (Å²) in [4.78, 5) is 24.3. The van der Waals surface area contributed by atoms with E-state index >= 15 is 0 Å². The molecule has 1 saturated carbocycles. The normalized spacial score (nSPS) is 15.1. The summed E-state index contributed by atoms with van der Waals surface area (Å²) in [5.41, 5.74) is 0.595. The highest BCUT2D eigenvalue weighted by Gasteiger charge is 2.25. The number of halogens is 1. The maximum atomic E-state index is 12.4. The van der Waals surface area contributed by atoms with E-state index in [-0.39, 0.29) is 24.3 Å². The molecule has 0 amide bonds. The maximum Gasteiger partial charge on any atom is 0.309 e. The van der Waals surface area contributed by atoms with Gasteiger partial charge in [0.1, 0.15) is 0 Å². The Morgan fingerprint density at radius 3 is 2.50 bits per heavy atom. The van der Waals surface area contributed by atoms with Crippen LogP contribution in [0.15, 0.2) is 40.9 Å². The first-order chi connectivity index (χ1) is 10.7. The van der Waals surface area contributed by atoms with E-state index in [9.17, 15) is 9.59 Å². The number of carbonyl (C=O) groups excluding carboxylic acids is 2. The Hall–Kier alpha value is -1.68. The fourth-order valence-electron chi connectivity index (χ4n) is 3.01. The fourth-order valence-corrected chi connectivity index (χ4v) is 3.51. The summed E-state index contributed by atoms with van der Waals surface area (Å²) in [5, 5.41) is 1.86. The highest BCUT2D eigenvalue weighted by atomic mass is 79.9. The summed E-state index contributed by atoms with van der Waals surface area (Å²) in [6, 6.07) is 11.3. The SMILES string of the molecule is O=C(COC(=O)C1CCCC1)c1cccc2c(Br)cccc12. The molecule has 0 unspecified atom stereocenters. The third-order valence-corrected chi connectivity index (χ3v) is 4.89. The molecule has 1 aliphatic carbocycles. The van der Waals surface area contributed by atoms with E-state index in [1.165, 1.54) is 0 Å². The van der Waals surface area contributed by atoms with Crippen LogP contribution in [-0.4, -0.2) is 18.4 Å². The second kappa shape index (κ2) is 6.61. The number of ketones is 1. The van der Waals surface area contributed by atoms with E-state index in [1.54, 1.807) is 6.07 Å². The first kappa shape index (κ1) is 15.2. The lowest BCUT2D eigenvalue weighted by atomic mass is 10.0. The van der Waals surface area contributed by atoms with Gasteiger partial charge in [0.2, 0.25) is 5.78 Å². The molecule has 0 aromatic heterocycles. The number of hydrogen-bond donors (Lipinski definition) is 0. The zero-order chi connectivity index (χ0) is 15.5. The molecular formula is C18H17BrO3. The minimum atomic E-state index is -0.229. The Kier molecular flexibility index (Phi) is 4.57. The molecule has 2 aromatic carbocycles. The second-order valence-corrected chi connectivity index (χ2v) is 6.51. The molecule has 1 aliphatic rings. The minimum Gasteiger partial charge on any atom is -0.457 e. The lowest BCUT2D eigenvalue weighted by Gasteiger charge is -2.10. The predicted octanol–water partition coefficient (Wildman–Crippen LogP) is 4.52. The van der Waals surface area contributed by atoms with Gasteiger partial charge >= 0.3 is 5.97 Å². The number of ether oxygens (including phenoxy) is 1. The number of hydrogen-bond acceptors (Lipinski definition) is 3. The van der Waals surface area contributed by atoms with Crippen LogP contribution in [0.3, 0.4) is 0 Å². The largest absolute Gasteiger partial charge is 0.457 e. The summed E-state index contributed by atoms with van der Waals surface area (Å²) >= 11 is 3.49. The highest BCUT2D eigenvalue weighted by Crippen LogP contribution is 2.27. The van der Waals surface area contributed by atoms with Gasteiger partial charge < -0.3 is 4.74 Å². The topological polar surface area (TPSA) is 43.4 Å². The van der Waals surface area contributed by atoms with E-state index in [1.807, 2.05) is 30.3 Å². The van der Waals surface area contributed by atoms with Crippen LogP contribution in [0, 0.1) is 5.92 Å². The van der Waals surface area contributed by atoms with E-state index in [2.05, 4.69) is 15.9 Å². The monoisotopic (exact) mass is 360 g/mol. The van der Waals surface area contributed by atoms with Gasteiger partial charge in [-0.3, -0.25) is 9.59 Å². The smallest absolute Gasteiger partial charge is 0.309 e. The van der Waals surface area contributed by atoms with Crippen LogP contribution in [0.5, 0.6) is 0 Å². The van der Waals surface area contributed by atoms with Gasteiger partial charge in [0.05, 0.1) is 5.92 Å². The molecule has 1 fully saturated rings. The molecule has 0 saturated heterocycles. The zero-order valence-corrected chi connectivity index (χ0v) is 13.8. The molecule has 0 atom stereocenters. The first-order valence-electron chi connectivity index (χ1n) is 7.54.